The topological polar surface area (TPSA) is 96.0 Å². The summed E-state index contributed by atoms with van der Waals surface area (Å²) in [5, 5.41) is 1.08. The lowest BCUT2D eigenvalue weighted by Gasteiger charge is -2.22. The Morgan fingerprint density at radius 1 is 0.633 bits per heavy atom. The molecule has 0 fully saturated rings. The van der Waals surface area contributed by atoms with Gasteiger partial charge in [-0.1, -0.05) is 59.6 Å². The molecule has 322 valence electrons. The van der Waals surface area contributed by atoms with Crippen LogP contribution in [0.5, 0.6) is 23.0 Å². The van der Waals surface area contributed by atoms with Gasteiger partial charge in [0.2, 0.25) is 0 Å². The number of methoxy groups -OCH3 is 2. The first-order valence-electron chi connectivity index (χ1n) is 21.0. The van der Waals surface area contributed by atoms with Crippen LogP contribution in [0.15, 0.2) is 60.7 Å². The fourth-order valence-electron chi connectivity index (χ4n) is 8.38. The highest BCUT2D eigenvalue weighted by Crippen LogP contribution is 2.47. The zero-order chi connectivity index (χ0) is 42.8. The van der Waals surface area contributed by atoms with Gasteiger partial charge in [-0.15, -0.1) is 0 Å². The second-order valence-electron chi connectivity index (χ2n) is 15.5. The number of esters is 2. The van der Waals surface area contributed by atoms with Crippen LogP contribution in [0.25, 0.3) is 11.1 Å². The molecule has 2 aliphatic carbocycles. The van der Waals surface area contributed by atoms with Crippen molar-refractivity contribution in [3.8, 4) is 34.1 Å². The van der Waals surface area contributed by atoms with Crippen LogP contribution in [-0.2, 0) is 45.0 Å². The molecule has 0 amide bonds. The Labute approximate surface area is 364 Å². The third-order valence-electron chi connectivity index (χ3n) is 11.3. The van der Waals surface area contributed by atoms with Crippen molar-refractivity contribution in [1.29, 1.82) is 0 Å². The molecule has 0 unspecified atom stereocenters. The Morgan fingerprint density at radius 3 is 1.43 bits per heavy atom. The summed E-state index contributed by atoms with van der Waals surface area (Å²) >= 11 is 13.8. The van der Waals surface area contributed by atoms with E-state index in [9.17, 15) is 9.59 Å². The fraction of sp³-hybridized carbons (Fsp3) is 0.458. The summed E-state index contributed by atoms with van der Waals surface area (Å²) in [7, 11) is 6.85. The molecule has 0 N–H and O–H groups in total. The third-order valence-corrected chi connectivity index (χ3v) is 11.9. The van der Waals surface area contributed by atoms with E-state index in [0.717, 1.165) is 61.4 Å². The van der Waals surface area contributed by atoms with Crippen LogP contribution in [-0.4, -0.2) is 76.4 Å². The van der Waals surface area contributed by atoms with Crippen LogP contribution < -0.4 is 18.9 Å². The van der Waals surface area contributed by atoms with Gasteiger partial charge >= 0.3 is 11.9 Å². The highest BCUT2D eigenvalue weighted by molar-refractivity contribution is 6.32. The maximum atomic E-state index is 11.6. The standard InChI is InChI=1S/C48H58Cl2N2O8/c1-7-57-43-27-45(39(49)25-31(43)29-51(3)23-11-17-47(53)55-5)59-41-21-19-35-33(13-9-15-37(35)41)34-14-10-16-38-36(34)20-22-42(38)60-46-28-44(58-8-2)32(26-40(46)50)30-52(4)24-12-18-48(54)56-6/h9-10,13-16,25-28,41-42H,7-8,11-12,17-24,29-30H2,1-6H3/t41-,42-/m0/s1. The van der Waals surface area contributed by atoms with Crippen LogP contribution >= 0.6 is 23.2 Å². The van der Waals surface area contributed by atoms with Crippen LogP contribution in [0.2, 0.25) is 10.0 Å². The molecule has 0 radical (unpaired) electrons. The minimum Gasteiger partial charge on any atom is -0.493 e. The predicted octanol–water partition coefficient (Wildman–Crippen LogP) is 10.4. The fourth-order valence-corrected chi connectivity index (χ4v) is 8.84. The average molecular weight is 862 g/mol. The first-order valence-corrected chi connectivity index (χ1v) is 21.8. The SMILES string of the molecule is CCOc1cc(O[C@H]2CCc3c(-c4cccc5c4CC[C@@H]5Oc4cc(OCC)c(CN(C)CCCC(=O)OC)cc4Cl)cccc32)c(Cl)cc1CN(C)CCCC(=O)OC. The predicted molar refractivity (Wildman–Crippen MR) is 236 cm³/mol. The van der Waals surface area contributed by atoms with Gasteiger partial charge in [0.1, 0.15) is 35.2 Å². The molecule has 0 saturated heterocycles. The van der Waals surface area contributed by atoms with Crippen molar-refractivity contribution in [2.45, 2.75) is 90.5 Å². The van der Waals surface area contributed by atoms with Gasteiger partial charge in [-0.25, -0.2) is 0 Å². The van der Waals surface area contributed by atoms with Crippen molar-refractivity contribution in [3.05, 3.63) is 104 Å². The monoisotopic (exact) mass is 860 g/mol. The van der Waals surface area contributed by atoms with Crippen molar-refractivity contribution >= 4 is 35.1 Å². The molecule has 60 heavy (non-hydrogen) atoms. The van der Waals surface area contributed by atoms with E-state index in [-0.39, 0.29) is 24.1 Å². The number of nitrogens with zero attached hydrogens (tertiary/aromatic N) is 2. The van der Waals surface area contributed by atoms with Gasteiger partial charge in [0.05, 0.1) is 37.5 Å². The first-order chi connectivity index (χ1) is 29.0. The number of benzene rings is 4. The van der Waals surface area contributed by atoms with Crippen molar-refractivity contribution in [1.82, 2.24) is 9.80 Å². The first kappa shape index (κ1) is 45.1. The number of carbonyl (C=O) groups is 2. The molecule has 0 spiro atoms. The van der Waals surface area contributed by atoms with Gasteiger partial charge in [0.25, 0.3) is 0 Å². The summed E-state index contributed by atoms with van der Waals surface area (Å²) in [6.45, 7) is 7.65. The quantitative estimate of drug-likeness (QED) is 0.0754. The summed E-state index contributed by atoms with van der Waals surface area (Å²) in [4.78, 5) is 27.5. The van der Waals surface area contributed by atoms with Crippen molar-refractivity contribution in [2.24, 2.45) is 0 Å². The zero-order valence-electron chi connectivity index (χ0n) is 35.7. The molecular weight excluding hydrogens is 803 g/mol. The highest BCUT2D eigenvalue weighted by Gasteiger charge is 2.32. The zero-order valence-corrected chi connectivity index (χ0v) is 37.3. The highest BCUT2D eigenvalue weighted by atomic mass is 35.5. The number of rotatable bonds is 21. The summed E-state index contributed by atoms with van der Waals surface area (Å²) < 4.78 is 35.1. The Hall–Kier alpha value is -4.48. The molecule has 4 aromatic carbocycles. The van der Waals surface area contributed by atoms with Gasteiger partial charge in [-0.3, -0.25) is 9.59 Å². The molecule has 2 atom stereocenters. The summed E-state index contributed by atoms with van der Waals surface area (Å²) in [5.74, 6) is 2.27. The smallest absolute Gasteiger partial charge is 0.305 e. The van der Waals surface area contributed by atoms with Crippen molar-refractivity contribution in [3.63, 3.8) is 0 Å². The third kappa shape index (κ3) is 11.1. The van der Waals surface area contributed by atoms with Gasteiger partial charge in [0, 0.05) is 49.2 Å². The van der Waals surface area contributed by atoms with Gasteiger partial charge in [-0.05, 0) is 125 Å². The minimum absolute atomic E-state index is 0.157. The van der Waals surface area contributed by atoms with E-state index in [4.69, 9.17) is 51.6 Å². The van der Waals surface area contributed by atoms with E-state index < -0.39 is 0 Å². The Kier molecular flexibility index (Phi) is 16.0. The number of halogens is 2. The molecule has 0 saturated carbocycles. The second kappa shape index (κ2) is 21.4. The Bertz CT molecular complexity index is 1980. The Morgan fingerprint density at radius 2 is 1.05 bits per heavy atom. The minimum atomic E-state index is -0.205. The summed E-state index contributed by atoms with van der Waals surface area (Å²) in [6, 6.07) is 20.7. The number of carbonyl (C=O) groups excluding carboxylic acids is 2. The molecule has 0 aromatic heterocycles. The normalized spacial score (nSPS) is 15.5. The van der Waals surface area contributed by atoms with Crippen LogP contribution in [0.4, 0.5) is 0 Å². The Balaban J connectivity index is 1.17. The van der Waals surface area contributed by atoms with E-state index in [0.29, 0.717) is 73.5 Å². The maximum absolute atomic E-state index is 11.6. The second-order valence-corrected chi connectivity index (χ2v) is 16.3. The van der Waals surface area contributed by atoms with Crippen molar-refractivity contribution in [2.75, 3.05) is 54.6 Å². The summed E-state index contributed by atoms with van der Waals surface area (Å²) in [6.07, 6.45) is 5.27. The number of ether oxygens (including phenoxy) is 6. The molecule has 0 bridgehead atoms. The summed E-state index contributed by atoms with van der Waals surface area (Å²) in [5.41, 5.74) is 9.30. The average Bonchev–Trinajstić information content (AvgIpc) is 3.85. The molecule has 12 heteroatoms. The molecule has 0 aliphatic heterocycles. The van der Waals surface area contributed by atoms with Crippen LogP contribution in [0, 0.1) is 0 Å². The lowest BCUT2D eigenvalue weighted by molar-refractivity contribution is -0.141. The van der Waals surface area contributed by atoms with Gasteiger partial charge in [0.15, 0.2) is 0 Å². The lowest BCUT2D eigenvalue weighted by atomic mass is 9.91. The van der Waals surface area contributed by atoms with Gasteiger partial charge < -0.3 is 38.2 Å². The van der Waals surface area contributed by atoms with Crippen molar-refractivity contribution < 1.29 is 38.0 Å². The van der Waals surface area contributed by atoms with E-state index in [1.807, 2.05) is 52.2 Å². The van der Waals surface area contributed by atoms with E-state index >= 15 is 0 Å². The number of fused-ring (bicyclic) bond motifs is 2. The lowest BCUT2D eigenvalue weighted by Crippen LogP contribution is -2.20. The molecular formula is C48H58Cl2N2O8. The molecule has 6 rings (SSSR count). The molecule has 0 heterocycles. The van der Waals surface area contributed by atoms with E-state index in [2.05, 4.69) is 46.2 Å². The molecule has 2 aliphatic rings. The van der Waals surface area contributed by atoms with E-state index in [1.54, 1.807) is 0 Å². The number of hydrogen-bond donors (Lipinski definition) is 0. The maximum Gasteiger partial charge on any atom is 0.305 e. The van der Waals surface area contributed by atoms with Crippen LogP contribution in [0.3, 0.4) is 0 Å². The molecule has 4 aromatic rings. The van der Waals surface area contributed by atoms with E-state index in [1.165, 1.54) is 47.6 Å². The molecule has 10 nitrogen and oxygen atoms in total. The number of hydrogen-bond acceptors (Lipinski definition) is 10. The van der Waals surface area contributed by atoms with Crippen LogP contribution in [0.1, 0.15) is 98.0 Å². The van der Waals surface area contributed by atoms with Gasteiger partial charge in [-0.2, -0.15) is 0 Å². The largest absolute Gasteiger partial charge is 0.493 e.